The number of ether oxygens (including phenoxy) is 1. The molecule has 6 nitrogen and oxygen atoms in total. The molecule has 4 heterocycles. The number of pyridine rings is 1. The van der Waals surface area contributed by atoms with Gasteiger partial charge in [-0.15, -0.1) is 0 Å². The van der Waals surface area contributed by atoms with Gasteiger partial charge in [-0.3, -0.25) is 9.78 Å². The zero-order valence-electron chi connectivity index (χ0n) is 15.4. The third kappa shape index (κ3) is 3.02. The van der Waals surface area contributed by atoms with Crippen molar-refractivity contribution in [3.05, 3.63) is 53.4 Å². The van der Waals surface area contributed by atoms with Crippen molar-refractivity contribution in [1.82, 2.24) is 19.9 Å². The molecule has 0 unspecified atom stereocenters. The van der Waals surface area contributed by atoms with Crippen LogP contribution < -0.4 is 0 Å². The quantitative estimate of drug-likeness (QED) is 0.838. The van der Waals surface area contributed by atoms with E-state index in [0.29, 0.717) is 32.0 Å². The van der Waals surface area contributed by atoms with Crippen LogP contribution in [0.3, 0.4) is 0 Å². The van der Waals surface area contributed by atoms with Crippen molar-refractivity contribution >= 4 is 5.91 Å². The first-order valence-corrected chi connectivity index (χ1v) is 9.90. The molecule has 1 saturated carbocycles. The Morgan fingerprint density at radius 1 is 1.19 bits per heavy atom. The summed E-state index contributed by atoms with van der Waals surface area (Å²) in [6.45, 7) is 1.72. The summed E-state index contributed by atoms with van der Waals surface area (Å²) >= 11 is 0. The molecule has 5 rings (SSSR count). The number of fused-ring (bicyclic) bond motifs is 2. The molecular formula is C21H24N4O2. The molecule has 0 aromatic carbocycles. The molecule has 2 aliphatic heterocycles. The highest BCUT2D eigenvalue weighted by Crippen LogP contribution is 2.43. The molecule has 1 saturated heterocycles. The van der Waals surface area contributed by atoms with E-state index in [4.69, 9.17) is 9.72 Å². The Hall–Kier alpha value is -2.34. The van der Waals surface area contributed by atoms with Crippen LogP contribution in [0.2, 0.25) is 0 Å². The van der Waals surface area contributed by atoms with Gasteiger partial charge in [0.2, 0.25) is 5.91 Å². The lowest BCUT2D eigenvalue weighted by molar-refractivity contribution is -0.168. The average Bonchev–Trinajstić information content (AvgIpc) is 3.07. The predicted molar refractivity (Wildman–Crippen MR) is 98.8 cm³/mol. The summed E-state index contributed by atoms with van der Waals surface area (Å²) in [5, 5.41) is 0. The van der Waals surface area contributed by atoms with Crippen molar-refractivity contribution in [3.63, 3.8) is 0 Å². The number of aromatic nitrogens is 3. The average molecular weight is 364 g/mol. The molecule has 0 N–H and O–H groups in total. The third-order valence-corrected chi connectivity index (χ3v) is 6.18. The Labute approximate surface area is 159 Å². The van der Waals surface area contributed by atoms with E-state index >= 15 is 0 Å². The topological polar surface area (TPSA) is 68.2 Å². The van der Waals surface area contributed by atoms with Crippen LogP contribution in [0.1, 0.15) is 60.7 Å². The molecule has 140 valence electrons. The van der Waals surface area contributed by atoms with Crippen molar-refractivity contribution in [3.8, 4) is 0 Å². The van der Waals surface area contributed by atoms with E-state index in [0.717, 1.165) is 22.6 Å². The molecular weight excluding hydrogens is 340 g/mol. The molecule has 1 spiro atoms. The molecule has 6 heteroatoms. The molecule has 0 bridgehead atoms. The molecule has 0 atom stereocenters. The summed E-state index contributed by atoms with van der Waals surface area (Å²) < 4.78 is 6.11. The number of amides is 1. The van der Waals surface area contributed by atoms with Gasteiger partial charge in [-0.05, 0) is 30.5 Å². The Morgan fingerprint density at radius 3 is 2.74 bits per heavy atom. The van der Waals surface area contributed by atoms with Crippen LogP contribution in [0.4, 0.5) is 0 Å². The maximum absolute atomic E-state index is 12.5. The number of carbonyl (C=O) groups excluding carboxylic acids is 1. The molecule has 1 aliphatic carbocycles. The van der Waals surface area contributed by atoms with E-state index in [9.17, 15) is 4.79 Å². The molecule has 27 heavy (non-hydrogen) atoms. The Bertz CT molecular complexity index is 843. The SMILES string of the molecule is O=C(Cc1ccncc1)N1CC2(C1)OCc1nc(C3CCCCC3)ncc12. The highest BCUT2D eigenvalue weighted by molar-refractivity contribution is 5.80. The van der Waals surface area contributed by atoms with Crippen molar-refractivity contribution in [2.75, 3.05) is 13.1 Å². The number of likely N-dealkylation sites (tertiary alicyclic amines) is 1. The van der Waals surface area contributed by atoms with E-state index in [1.165, 1.54) is 32.1 Å². The van der Waals surface area contributed by atoms with Gasteiger partial charge in [0.15, 0.2) is 0 Å². The number of carbonyl (C=O) groups is 1. The predicted octanol–water partition coefficient (Wildman–Crippen LogP) is 2.73. The maximum Gasteiger partial charge on any atom is 0.227 e. The minimum absolute atomic E-state index is 0.128. The van der Waals surface area contributed by atoms with Crippen LogP contribution in [0.25, 0.3) is 0 Å². The number of nitrogens with zero attached hydrogens (tertiary/aromatic N) is 4. The fourth-order valence-electron chi connectivity index (χ4n) is 4.56. The van der Waals surface area contributed by atoms with Crippen molar-refractivity contribution in [2.45, 2.75) is 56.7 Å². The van der Waals surface area contributed by atoms with Gasteiger partial charge in [-0.2, -0.15) is 0 Å². The summed E-state index contributed by atoms with van der Waals surface area (Å²) in [6, 6.07) is 3.77. The lowest BCUT2D eigenvalue weighted by Crippen LogP contribution is -2.61. The van der Waals surface area contributed by atoms with E-state index < -0.39 is 5.60 Å². The normalized spacial score (nSPS) is 21.1. The second kappa shape index (κ2) is 6.68. The van der Waals surface area contributed by atoms with E-state index in [1.807, 2.05) is 23.2 Å². The van der Waals surface area contributed by atoms with Gasteiger partial charge in [0.05, 0.1) is 31.8 Å². The van der Waals surface area contributed by atoms with Gasteiger partial charge < -0.3 is 9.64 Å². The zero-order chi connectivity index (χ0) is 18.3. The minimum atomic E-state index is -0.395. The summed E-state index contributed by atoms with van der Waals surface area (Å²) in [5.74, 6) is 1.61. The van der Waals surface area contributed by atoms with Crippen LogP contribution >= 0.6 is 0 Å². The molecule has 3 aliphatic rings. The first-order valence-electron chi connectivity index (χ1n) is 9.90. The fourth-order valence-corrected chi connectivity index (χ4v) is 4.56. The van der Waals surface area contributed by atoms with E-state index in [-0.39, 0.29) is 5.91 Å². The monoisotopic (exact) mass is 364 g/mol. The number of hydrogen-bond acceptors (Lipinski definition) is 5. The molecule has 2 aromatic rings. The molecule has 0 radical (unpaired) electrons. The van der Waals surface area contributed by atoms with Crippen LogP contribution in [0.15, 0.2) is 30.7 Å². The minimum Gasteiger partial charge on any atom is -0.360 e. The van der Waals surface area contributed by atoms with Crippen LogP contribution in [-0.4, -0.2) is 38.8 Å². The van der Waals surface area contributed by atoms with Crippen LogP contribution in [0, 0.1) is 0 Å². The number of hydrogen-bond donors (Lipinski definition) is 0. The van der Waals surface area contributed by atoms with Crippen LogP contribution in [-0.2, 0) is 28.2 Å². The summed E-state index contributed by atoms with van der Waals surface area (Å²) in [6.07, 6.45) is 12.1. The lowest BCUT2D eigenvalue weighted by atomic mass is 9.86. The standard InChI is InChI=1S/C21H24N4O2/c26-19(10-15-6-8-22-9-7-15)25-13-21(14-25)17-11-23-20(24-18(17)12-27-21)16-4-2-1-3-5-16/h6-9,11,16H,1-5,10,12-14H2. The second-order valence-electron chi connectivity index (χ2n) is 7.99. The smallest absolute Gasteiger partial charge is 0.227 e. The van der Waals surface area contributed by atoms with E-state index in [2.05, 4.69) is 9.97 Å². The van der Waals surface area contributed by atoms with Crippen LogP contribution in [0.5, 0.6) is 0 Å². The van der Waals surface area contributed by atoms with Gasteiger partial charge in [0.1, 0.15) is 11.4 Å². The van der Waals surface area contributed by atoms with Gasteiger partial charge >= 0.3 is 0 Å². The maximum atomic E-state index is 12.5. The van der Waals surface area contributed by atoms with E-state index in [1.54, 1.807) is 12.4 Å². The first kappa shape index (κ1) is 16.8. The highest BCUT2D eigenvalue weighted by Gasteiger charge is 2.52. The summed E-state index contributed by atoms with van der Waals surface area (Å²) in [5.41, 5.74) is 2.69. The summed E-state index contributed by atoms with van der Waals surface area (Å²) in [7, 11) is 0. The first-order chi connectivity index (χ1) is 13.2. The largest absolute Gasteiger partial charge is 0.360 e. The van der Waals surface area contributed by atoms with Gasteiger partial charge in [0.25, 0.3) is 0 Å². The van der Waals surface area contributed by atoms with Crippen molar-refractivity contribution in [1.29, 1.82) is 0 Å². The Morgan fingerprint density at radius 2 is 1.96 bits per heavy atom. The third-order valence-electron chi connectivity index (χ3n) is 6.18. The van der Waals surface area contributed by atoms with Crippen molar-refractivity contribution < 1.29 is 9.53 Å². The van der Waals surface area contributed by atoms with Gasteiger partial charge in [0, 0.05) is 30.1 Å². The Balaban J connectivity index is 1.27. The molecule has 2 aromatic heterocycles. The fraction of sp³-hybridized carbons (Fsp3) is 0.524. The second-order valence-corrected chi connectivity index (χ2v) is 7.99. The highest BCUT2D eigenvalue weighted by atomic mass is 16.5. The zero-order valence-corrected chi connectivity index (χ0v) is 15.4. The molecule has 2 fully saturated rings. The lowest BCUT2D eigenvalue weighted by Gasteiger charge is -2.47. The van der Waals surface area contributed by atoms with Gasteiger partial charge in [-0.25, -0.2) is 9.97 Å². The molecule has 1 amide bonds. The van der Waals surface area contributed by atoms with Crippen molar-refractivity contribution in [2.24, 2.45) is 0 Å². The number of rotatable bonds is 3. The Kier molecular flexibility index (Phi) is 4.16. The summed E-state index contributed by atoms with van der Waals surface area (Å²) in [4.78, 5) is 27.9. The van der Waals surface area contributed by atoms with Gasteiger partial charge in [-0.1, -0.05) is 19.3 Å².